The average Bonchev–Trinajstić information content (AvgIpc) is 2.98. The lowest BCUT2D eigenvalue weighted by molar-refractivity contribution is -0.142. The van der Waals surface area contributed by atoms with E-state index < -0.39 is 6.10 Å². The van der Waals surface area contributed by atoms with Gasteiger partial charge in [0.1, 0.15) is 0 Å². The Balaban J connectivity index is 0.00000147. The van der Waals surface area contributed by atoms with E-state index in [4.69, 9.17) is 4.84 Å². The Morgan fingerprint density at radius 2 is 1.95 bits per heavy atom. The van der Waals surface area contributed by atoms with Crippen LogP contribution in [0.15, 0.2) is 35.5 Å². The Hall–Kier alpha value is -1.59. The highest BCUT2D eigenvalue weighted by Gasteiger charge is 2.32. The van der Waals surface area contributed by atoms with Gasteiger partial charge in [-0.15, -0.1) is 12.4 Å². The second kappa shape index (κ2) is 6.72. The minimum absolute atomic E-state index is 0. The maximum Gasteiger partial charge on any atom is 0.266 e. The summed E-state index contributed by atoms with van der Waals surface area (Å²) in [5.41, 5.74) is 1.88. The number of rotatable bonds is 2. The maximum absolute atomic E-state index is 12.3. The van der Waals surface area contributed by atoms with Crippen molar-refractivity contribution in [1.82, 2.24) is 10.2 Å². The molecule has 1 aromatic carbocycles. The van der Waals surface area contributed by atoms with Crippen LogP contribution in [0.5, 0.6) is 0 Å². The lowest BCUT2D eigenvalue weighted by atomic mass is 10.0. The molecule has 3 rings (SSSR count). The van der Waals surface area contributed by atoms with Crippen LogP contribution in [0.1, 0.15) is 12.0 Å². The molecule has 1 saturated heterocycles. The van der Waals surface area contributed by atoms with E-state index in [9.17, 15) is 4.79 Å². The molecule has 0 radical (unpaired) electrons. The average molecular weight is 296 g/mol. The molecule has 20 heavy (non-hydrogen) atoms. The SMILES string of the molecule is Cl.O=C(C1CC(c2ccccc2)=NO1)N1CCNCC1. The molecule has 5 nitrogen and oxygen atoms in total. The van der Waals surface area contributed by atoms with E-state index >= 15 is 0 Å². The quantitative estimate of drug-likeness (QED) is 0.887. The van der Waals surface area contributed by atoms with E-state index in [1.165, 1.54) is 0 Å². The summed E-state index contributed by atoms with van der Waals surface area (Å²) in [7, 11) is 0. The van der Waals surface area contributed by atoms with Crippen molar-refractivity contribution >= 4 is 24.0 Å². The first kappa shape index (κ1) is 14.8. The van der Waals surface area contributed by atoms with Crippen molar-refractivity contribution in [3.8, 4) is 0 Å². The van der Waals surface area contributed by atoms with E-state index in [0.29, 0.717) is 6.42 Å². The van der Waals surface area contributed by atoms with Gasteiger partial charge in [-0.2, -0.15) is 0 Å². The van der Waals surface area contributed by atoms with Crippen molar-refractivity contribution in [1.29, 1.82) is 0 Å². The summed E-state index contributed by atoms with van der Waals surface area (Å²) in [6.07, 6.45) is 0.112. The van der Waals surface area contributed by atoms with E-state index in [1.807, 2.05) is 35.2 Å². The Labute approximate surface area is 124 Å². The van der Waals surface area contributed by atoms with Gasteiger partial charge < -0.3 is 15.1 Å². The van der Waals surface area contributed by atoms with Crippen LogP contribution >= 0.6 is 12.4 Å². The normalized spacial score (nSPS) is 21.7. The number of amides is 1. The van der Waals surface area contributed by atoms with Gasteiger partial charge in [0.15, 0.2) is 0 Å². The molecule has 0 bridgehead atoms. The zero-order valence-corrected chi connectivity index (χ0v) is 11.9. The number of carbonyl (C=O) groups is 1. The molecule has 1 N–H and O–H groups in total. The highest BCUT2D eigenvalue weighted by atomic mass is 35.5. The summed E-state index contributed by atoms with van der Waals surface area (Å²) < 4.78 is 0. The van der Waals surface area contributed by atoms with Crippen molar-refractivity contribution in [2.45, 2.75) is 12.5 Å². The van der Waals surface area contributed by atoms with Crippen LogP contribution in [0.4, 0.5) is 0 Å². The van der Waals surface area contributed by atoms with E-state index in [2.05, 4.69) is 10.5 Å². The molecule has 1 aromatic rings. The first-order chi connectivity index (χ1) is 9.34. The minimum atomic E-state index is -0.451. The number of hydrogen-bond donors (Lipinski definition) is 1. The fourth-order valence-electron chi connectivity index (χ4n) is 2.40. The van der Waals surface area contributed by atoms with Gasteiger partial charge >= 0.3 is 0 Å². The number of nitrogens with zero attached hydrogens (tertiary/aromatic N) is 2. The van der Waals surface area contributed by atoms with Crippen LogP contribution in [0.25, 0.3) is 0 Å². The smallest absolute Gasteiger partial charge is 0.266 e. The molecule has 0 saturated carbocycles. The fourth-order valence-corrected chi connectivity index (χ4v) is 2.40. The molecule has 2 aliphatic rings. The second-order valence-electron chi connectivity index (χ2n) is 4.78. The zero-order valence-electron chi connectivity index (χ0n) is 11.1. The van der Waals surface area contributed by atoms with Crippen LogP contribution in [0.3, 0.4) is 0 Å². The monoisotopic (exact) mass is 295 g/mol. The molecule has 1 fully saturated rings. The van der Waals surface area contributed by atoms with Crippen LogP contribution < -0.4 is 5.32 Å². The van der Waals surface area contributed by atoms with Gasteiger partial charge in [0, 0.05) is 32.6 Å². The fraction of sp³-hybridized carbons (Fsp3) is 0.429. The molecular formula is C14H18ClN3O2. The van der Waals surface area contributed by atoms with Gasteiger partial charge in [-0.1, -0.05) is 35.5 Å². The molecule has 1 unspecified atom stereocenters. The van der Waals surface area contributed by atoms with Crippen molar-refractivity contribution in [3.63, 3.8) is 0 Å². The molecule has 2 heterocycles. The lowest BCUT2D eigenvalue weighted by Crippen LogP contribution is -2.49. The molecule has 0 spiro atoms. The summed E-state index contributed by atoms with van der Waals surface area (Å²) in [5.74, 6) is 0.0520. The lowest BCUT2D eigenvalue weighted by Gasteiger charge is -2.28. The number of carbonyl (C=O) groups excluding carboxylic acids is 1. The van der Waals surface area contributed by atoms with Gasteiger partial charge in [0.25, 0.3) is 5.91 Å². The van der Waals surface area contributed by atoms with Gasteiger partial charge in [0.05, 0.1) is 5.71 Å². The summed E-state index contributed by atoms with van der Waals surface area (Å²) in [4.78, 5) is 19.4. The standard InChI is InChI=1S/C14H17N3O2.ClH/c18-14(17-8-6-15-7-9-17)13-10-12(16-19-13)11-4-2-1-3-5-11;/h1-5,13,15H,6-10H2;1H. The van der Waals surface area contributed by atoms with Crippen molar-refractivity contribution in [2.24, 2.45) is 5.16 Å². The minimum Gasteiger partial charge on any atom is -0.382 e. The number of benzene rings is 1. The predicted octanol–water partition coefficient (Wildman–Crippen LogP) is 1.03. The largest absolute Gasteiger partial charge is 0.382 e. The number of piperazine rings is 1. The molecule has 1 atom stereocenters. The first-order valence-electron chi connectivity index (χ1n) is 6.62. The molecule has 108 valence electrons. The molecule has 6 heteroatoms. The second-order valence-corrected chi connectivity index (χ2v) is 4.78. The number of halogens is 1. The Kier molecular flexibility index (Phi) is 4.98. The van der Waals surface area contributed by atoms with E-state index in [1.54, 1.807) is 0 Å². The van der Waals surface area contributed by atoms with Gasteiger partial charge in [-0.3, -0.25) is 4.79 Å². The van der Waals surface area contributed by atoms with Crippen LogP contribution in [-0.2, 0) is 9.63 Å². The predicted molar refractivity (Wildman–Crippen MR) is 79.2 cm³/mol. The van der Waals surface area contributed by atoms with Crippen molar-refractivity contribution in [3.05, 3.63) is 35.9 Å². The van der Waals surface area contributed by atoms with Gasteiger partial charge in [-0.05, 0) is 5.56 Å². The van der Waals surface area contributed by atoms with Crippen LogP contribution in [-0.4, -0.2) is 48.8 Å². The van der Waals surface area contributed by atoms with E-state index in [-0.39, 0.29) is 18.3 Å². The molecule has 1 amide bonds. The van der Waals surface area contributed by atoms with Crippen LogP contribution in [0, 0.1) is 0 Å². The highest BCUT2D eigenvalue weighted by Crippen LogP contribution is 2.18. The third-order valence-electron chi connectivity index (χ3n) is 3.48. The summed E-state index contributed by atoms with van der Waals surface area (Å²) >= 11 is 0. The Morgan fingerprint density at radius 3 is 2.65 bits per heavy atom. The van der Waals surface area contributed by atoms with Gasteiger partial charge in [-0.25, -0.2) is 0 Å². The summed E-state index contributed by atoms with van der Waals surface area (Å²) in [6.45, 7) is 3.20. The third-order valence-corrected chi connectivity index (χ3v) is 3.48. The summed E-state index contributed by atoms with van der Waals surface area (Å²) in [5, 5.41) is 7.29. The first-order valence-corrected chi connectivity index (χ1v) is 6.62. The molecular weight excluding hydrogens is 278 g/mol. The Bertz CT molecular complexity index is 486. The van der Waals surface area contributed by atoms with Gasteiger partial charge in [0.2, 0.25) is 6.10 Å². The van der Waals surface area contributed by atoms with Crippen molar-refractivity contribution < 1.29 is 9.63 Å². The highest BCUT2D eigenvalue weighted by molar-refractivity contribution is 6.04. The summed E-state index contributed by atoms with van der Waals surface area (Å²) in [6, 6.07) is 9.86. The topological polar surface area (TPSA) is 53.9 Å². The third kappa shape index (κ3) is 3.11. The number of oxime groups is 1. The molecule has 0 aliphatic carbocycles. The molecule has 0 aromatic heterocycles. The Morgan fingerprint density at radius 1 is 1.25 bits per heavy atom. The number of hydrogen-bond acceptors (Lipinski definition) is 4. The number of nitrogens with one attached hydrogen (secondary N) is 1. The maximum atomic E-state index is 12.3. The van der Waals surface area contributed by atoms with E-state index in [0.717, 1.165) is 37.5 Å². The van der Waals surface area contributed by atoms with Crippen LogP contribution in [0.2, 0.25) is 0 Å². The van der Waals surface area contributed by atoms with Crippen molar-refractivity contribution in [2.75, 3.05) is 26.2 Å². The molecule has 2 aliphatic heterocycles. The zero-order chi connectivity index (χ0) is 13.1.